The smallest absolute Gasteiger partial charge is 0.251 e. The monoisotopic (exact) mass is 657 g/mol. The third-order valence-corrected chi connectivity index (χ3v) is 7.09. The van der Waals surface area contributed by atoms with Gasteiger partial charge in [0.2, 0.25) is 0 Å². The van der Waals surface area contributed by atoms with Crippen molar-refractivity contribution in [2.75, 3.05) is 72.3 Å². The van der Waals surface area contributed by atoms with Gasteiger partial charge in [-0.15, -0.1) is 0 Å². The number of hydrogen-bond donors (Lipinski definition) is 1. The van der Waals surface area contributed by atoms with E-state index in [1.54, 1.807) is 43.5 Å². The minimum absolute atomic E-state index is 0.0591. The number of nitrogens with one attached hydrogen (secondary N) is 1. The number of amides is 1. The van der Waals surface area contributed by atoms with Gasteiger partial charge in [0.25, 0.3) is 5.91 Å². The number of Topliss-reactive ketones (excluding diaryl/α,β-unsaturated/α-hetero) is 1. The van der Waals surface area contributed by atoms with Gasteiger partial charge in [0.15, 0.2) is 11.5 Å². The predicted molar refractivity (Wildman–Crippen MR) is 182 cm³/mol. The zero-order valence-corrected chi connectivity index (χ0v) is 27.7. The van der Waals surface area contributed by atoms with E-state index in [9.17, 15) is 9.59 Å². The molecule has 1 amide bonds. The van der Waals surface area contributed by atoms with Gasteiger partial charge >= 0.3 is 0 Å². The number of ketones is 1. The SMILES string of the molecule is COCc1cc(-c2ccc(C(=O)NCCOCCOCCOCCCC(=O)c3ccc(N=Nc4ccc(N(C)C)cc4)cc3)cc2)no1. The highest BCUT2D eigenvalue weighted by molar-refractivity contribution is 5.96. The van der Waals surface area contributed by atoms with Crippen molar-refractivity contribution in [3.8, 4) is 11.3 Å². The van der Waals surface area contributed by atoms with E-state index in [0.29, 0.717) is 93.9 Å². The summed E-state index contributed by atoms with van der Waals surface area (Å²) >= 11 is 0. The Hall–Kier alpha value is -4.75. The van der Waals surface area contributed by atoms with E-state index < -0.39 is 0 Å². The molecule has 12 nitrogen and oxygen atoms in total. The molecule has 0 aliphatic heterocycles. The van der Waals surface area contributed by atoms with Crippen molar-refractivity contribution in [2.45, 2.75) is 19.4 Å². The first-order chi connectivity index (χ1) is 23.4. The Kier molecular flexibility index (Phi) is 14.9. The molecule has 0 aliphatic carbocycles. The molecule has 0 radical (unpaired) electrons. The summed E-state index contributed by atoms with van der Waals surface area (Å²) in [5, 5.41) is 15.4. The predicted octanol–water partition coefficient (Wildman–Crippen LogP) is 6.41. The van der Waals surface area contributed by atoms with Crippen LogP contribution < -0.4 is 10.2 Å². The number of nitrogens with zero attached hydrogens (tertiary/aromatic N) is 4. The third kappa shape index (κ3) is 12.1. The topological polar surface area (TPSA) is 137 Å². The van der Waals surface area contributed by atoms with Gasteiger partial charge in [-0.05, 0) is 67.1 Å². The summed E-state index contributed by atoms with van der Waals surface area (Å²) in [6, 6.07) is 23.9. The molecule has 0 atom stereocenters. The van der Waals surface area contributed by atoms with Crippen LogP contribution in [-0.4, -0.2) is 84.2 Å². The number of anilines is 1. The van der Waals surface area contributed by atoms with E-state index in [2.05, 4.69) is 20.7 Å². The molecule has 0 bridgehead atoms. The maximum Gasteiger partial charge on any atom is 0.251 e. The van der Waals surface area contributed by atoms with E-state index in [-0.39, 0.29) is 11.7 Å². The van der Waals surface area contributed by atoms with Gasteiger partial charge in [0.1, 0.15) is 12.3 Å². The Bertz CT molecular complexity index is 1570. The summed E-state index contributed by atoms with van der Waals surface area (Å²) in [7, 11) is 5.56. The zero-order chi connectivity index (χ0) is 34.0. The van der Waals surface area contributed by atoms with Crippen molar-refractivity contribution in [2.24, 2.45) is 10.2 Å². The molecule has 12 heteroatoms. The highest BCUT2D eigenvalue weighted by Crippen LogP contribution is 2.22. The molecule has 0 spiro atoms. The molecule has 0 unspecified atom stereocenters. The highest BCUT2D eigenvalue weighted by atomic mass is 16.5. The van der Waals surface area contributed by atoms with E-state index in [0.717, 1.165) is 16.9 Å². The quantitative estimate of drug-likeness (QED) is 0.0612. The molecule has 48 heavy (non-hydrogen) atoms. The van der Waals surface area contributed by atoms with Crippen molar-refractivity contribution < 1.29 is 33.1 Å². The molecular formula is C36H43N5O7. The van der Waals surface area contributed by atoms with E-state index in [1.165, 1.54) is 0 Å². The number of hydrogen-bond acceptors (Lipinski definition) is 11. The van der Waals surface area contributed by atoms with Gasteiger partial charge < -0.3 is 33.7 Å². The highest BCUT2D eigenvalue weighted by Gasteiger charge is 2.09. The van der Waals surface area contributed by atoms with Gasteiger partial charge in [-0.1, -0.05) is 17.3 Å². The average Bonchev–Trinajstić information content (AvgIpc) is 3.58. The first-order valence-corrected chi connectivity index (χ1v) is 15.8. The fourth-order valence-electron chi connectivity index (χ4n) is 4.46. The van der Waals surface area contributed by atoms with Crippen LogP contribution in [-0.2, 0) is 25.6 Å². The summed E-state index contributed by atoms with van der Waals surface area (Å²) in [6.45, 7) is 3.28. The molecule has 0 aliphatic rings. The van der Waals surface area contributed by atoms with Gasteiger partial charge in [-0.25, -0.2) is 0 Å². The van der Waals surface area contributed by atoms with Gasteiger partial charge in [-0.3, -0.25) is 9.59 Å². The number of ether oxygens (including phenoxy) is 4. The zero-order valence-electron chi connectivity index (χ0n) is 27.7. The number of azo groups is 1. The van der Waals surface area contributed by atoms with E-state index in [4.69, 9.17) is 23.5 Å². The van der Waals surface area contributed by atoms with Crippen LogP contribution in [0.3, 0.4) is 0 Å². The Morgan fingerprint density at radius 1 is 0.771 bits per heavy atom. The number of rotatable bonds is 21. The molecule has 4 rings (SSSR count). The van der Waals surface area contributed by atoms with Crippen molar-refractivity contribution in [3.63, 3.8) is 0 Å². The minimum atomic E-state index is -0.181. The normalized spacial score (nSPS) is 11.2. The van der Waals surface area contributed by atoms with E-state index >= 15 is 0 Å². The lowest BCUT2D eigenvalue weighted by Crippen LogP contribution is -2.27. The second kappa shape index (κ2) is 19.8. The van der Waals surface area contributed by atoms with Crippen LogP contribution in [0.2, 0.25) is 0 Å². The van der Waals surface area contributed by atoms with Crippen molar-refractivity contribution in [3.05, 3.63) is 95.7 Å². The number of carbonyl (C=O) groups is 2. The number of aromatic nitrogens is 1. The van der Waals surface area contributed by atoms with Crippen LogP contribution in [0.25, 0.3) is 11.3 Å². The lowest BCUT2D eigenvalue weighted by atomic mass is 10.1. The Balaban J connectivity index is 0.974. The Labute approximate surface area is 281 Å². The molecule has 4 aromatic rings. The van der Waals surface area contributed by atoms with Crippen LogP contribution in [0.1, 0.15) is 39.3 Å². The maximum absolute atomic E-state index is 12.5. The number of methoxy groups -OCH3 is 1. The number of benzene rings is 3. The first kappa shape index (κ1) is 36.1. The second-order valence-electron chi connectivity index (χ2n) is 11.0. The Morgan fingerprint density at radius 3 is 1.98 bits per heavy atom. The fourth-order valence-corrected chi connectivity index (χ4v) is 4.46. The van der Waals surface area contributed by atoms with Crippen LogP contribution in [0, 0.1) is 0 Å². The van der Waals surface area contributed by atoms with Crippen LogP contribution in [0.4, 0.5) is 17.1 Å². The second-order valence-corrected chi connectivity index (χ2v) is 11.0. The van der Waals surface area contributed by atoms with Crippen LogP contribution in [0.15, 0.2) is 93.6 Å². The summed E-state index contributed by atoms with van der Waals surface area (Å²) in [5.74, 6) is 0.513. The van der Waals surface area contributed by atoms with Crippen molar-refractivity contribution in [1.82, 2.24) is 10.5 Å². The molecule has 1 aromatic heterocycles. The summed E-state index contributed by atoms with van der Waals surface area (Å²) in [4.78, 5) is 26.9. The molecule has 3 aromatic carbocycles. The molecule has 1 N–H and O–H groups in total. The largest absolute Gasteiger partial charge is 0.379 e. The summed E-state index contributed by atoms with van der Waals surface area (Å²) in [5.41, 5.74) is 5.26. The molecule has 0 saturated carbocycles. The summed E-state index contributed by atoms with van der Waals surface area (Å²) in [6.07, 6.45) is 1.02. The van der Waals surface area contributed by atoms with Gasteiger partial charge in [-0.2, -0.15) is 10.2 Å². The minimum Gasteiger partial charge on any atom is -0.379 e. The van der Waals surface area contributed by atoms with Crippen molar-refractivity contribution >= 4 is 28.8 Å². The molecule has 0 saturated heterocycles. The Morgan fingerprint density at radius 2 is 1.35 bits per heavy atom. The number of carbonyl (C=O) groups excluding carboxylic acids is 2. The summed E-state index contributed by atoms with van der Waals surface area (Å²) < 4.78 is 26.9. The average molecular weight is 658 g/mol. The lowest BCUT2D eigenvalue weighted by Gasteiger charge is -2.11. The van der Waals surface area contributed by atoms with Crippen molar-refractivity contribution in [1.29, 1.82) is 0 Å². The van der Waals surface area contributed by atoms with Gasteiger partial charge in [0.05, 0.1) is 44.4 Å². The van der Waals surface area contributed by atoms with Crippen LogP contribution in [0.5, 0.6) is 0 Å². The fraction of sp³-hybridized carbons (Fsp3) is 0.361. The molecule has 0 fully saturated rings. The van der Waals surface area contributed by atoms with Crippen LogP contribution >= 0.6 is 0 Å². The first-order valence-electron chi connectivity index (χ1n) is 15.8. The van der Waals surface area contributed by atoms with E-state index in [1.807, 2.05) is 61.5 Å². The molecule has 1 heterocycles. The van der Waals surface area contributed by atoms with Gasteiger partial charge in [0, 0.05) is 69.2 Å². The maximum atomic E-state index is 12.5. The standard InChI is InChI=1S/C36H43N5O7/c1-41(2)32-16-14-31(15-17-32)39-38-30-12-10-28(11-13-30)35(42)5-4-19-45-21-23-47-24-22-46-20-18-37-36(43)29-8-6-27(7-9-29)34-25-33(26-44-3)48-40-34/h6-17,25H,4-5,18-24,26H2,1-3H3,(H,37,43). The molecule has 254 valence electrons. The third-order valence-electron chi connectivity index (χ3n) is 7.09. The lowest BCUT2D eigenvalue weighted by molar-refractivity contribution is 0.0146. The molecular weight excluding hydrogens is 614 g/mol.